The SMILES string of the molecule is CC1(C)C[C@H]([C@H]2CCOC2=O)[C@H]1O. The van der Waals surface area contributed by atoms with Gasteiger partial charge in [0, 0.05) is 0 Å². The van der Waals surface area contributed by atoms with Gasteiger partial charge in [-0.2, -0.15) is 0 Å². The molecule has 2 fully saturated rings. The average molecular weight is 184 g/mol. The van der Waals surface area contributed by atoms with Crippen LogP contribution < -0.4 is 0 Å². The van der Waals surface area contributed by atoms with E-state index in [1.807, 2.05) is 13.8 Å². The van der Waals surface area contributed by atoms with E-state index in [1.54, 1.807) is 0 Å². The second kappa shape index (κ2) is 2.71. The van der Waals surface area contributed by atoms with Crippen LogP contribution in [0.3, 0.4) is 0 Å². The maximum atomic E-state index is 11.2. The lowest BCUT2D eigenvalue weighted by atomic mass is 9.57. The van der Waals surface area contributed by atoms with Gasteiger partial charge in [-0.15, -0.1) is 0 Å². The van der Waals surface area contributed by atoms with Crippen molar-refractivity contribution < 1.29 is 14.6 Å². The lowest BCUT2D eigenvalue weighted by molar-refractivity contribution is -0.156. The number of ether oxygens (including phenoxy) is 1. The Kier molecular flexibility index (Phi) is 1.88. The molecule has 0 aromatic rings. The fourth-order valence-electron chi connectivity index (χ4n) is 2.52. The minimum absolute atomic E-state index is 0.00641. The number of hydrogen-bond acceptors (Lipinski definition) is 3. The summed E-state index contributed by atoms with van der Waals surface area (Å²) in [4.78, 5) is 11.2. The fraction of sp³-hybridized carbons (Fsp3) is 0.900. The summed E-state index contributed by atoms with van der Waals surface area (Å²) in [5, 5.41) is 9.81. The topological polar surface area (TPSA) is 46.5 Å². The third kappa shape index (κ3) is 1.26. The molecule has 0 unspecified atom stereocenters. The van der Waals surface area contributed by atoms with E-state index < -0.39 is 0 Å². The zero-order valence-corrected chi connectivity index (χ0v) is 8.12. The molecule has 3 nitrogen and oxygen atoms in total. The molecule has 0 radical (unpaired) electrons. The molecule has 0 bridgehead atoms. The molecule has 1 heterocycles. The zero-order chi connectivity index (χ0) is 9.64. The second-order valence-electron chi connectivity index (χ2n) is 4.86. The highest BCUT2D eigenvalue weighted by atomic mass is 16.5. The first-order chi connectivity index (χ1) is 6.02. The van der Waals surface area contributed by atoms with Crippen molar-refractivity contribution in [2.75, 3.05) is 6.61 Å². The van der Waals surface area contributed by atoms with Crippen LogP contribution >= 0.6 is 0 Å². The van der Waals surface area contributed by atoms with Gasteiger partial charge < -0.3 is 9.84 Å². The van der Waals surface area contributed by atoms with Crippen molar-refractivity contribution in [3.8, 4) is 0 Å². The number of hydrogen-bond donors (Lipinski definition) is 1. The molecule has 1 N–H and O–H groups in total. The van der Waals surface area contributed by atoms with E-state index in [9.17, 15) is 9.90 Å². The normalized spacial score (nSPS) is 42.7. The lowest BCUT2D eigenvalue weighted by Crippen LogP contribution is -2.52. The third-order valence-electron chi connectivity index (χ3n) is 3.46. The molecule has 74 valence electrons. The van der Waals surface area contributed by atoms with E-state index in [4.69, 9.17) is 4.74 Å². The molecule has 13 heavy (non-hydrogen) atoms. The van der Waals surface area contributed by atoms with Crippen molar-refractivity contribution in [2.24, 2.45) is 17.3 Å². The number of rotatable bonds is 1. The summed E-state index contributed by atoms with van der Waals surface area (Å²) < 4.78 is 4.89. The molecule has 0 spiro atoms. The van der Waals surface area contributed by atoms with Crippen molar-refractivity contribution >= 4 is 5.97 Å². The van der Waals surface area contributed by atoms with E-state index >= 15 is 0 Å². The third-order valence-corrected chi connectivity index (χ3v) is 3.46. The monoisotopic (exact) mass is 184 g/mol. The standard InChI is InChI=1S/C10H16O3/c1-10(2)5-7(8(10)11)6-3-4-13-9(6)12/h6-8,11H,3-5H2,1-2H3/t6-,7-,8-/m1/s1. The van der Waals surface area contributed by atoms with Crippen molar-refractivity contribution in [1.29, 1.82) is 0 Å². The molecule has 3 atom stereocenters. The molecule has 1 aliphatic heterocycles. The Balaban J connectivity index is 2.01. The van der Waals surface area contributed by atoms with Crippen LogP contribution in [0.25, 0.3) is 0 Å². The van der Waals surface area contributed by atoms with Crippen molar-refractivity contribution in [2.45, 2.75) is 32.8 Å². The van der Waals surface area contributed by atoms with Crippen LogP contribution in [0.2, 0.25) is 0 Å². The predicted molar refractivity (Wildman–Crippen MR) is 47.0 cm³/mol. The Morgan fingerprint density at radius 1 is 1.54 bits per heavy atom. The minimum atomic E-state index is -0.330. The summed E-state index contributed by atoms with van der Waals surface area (Å²) in [6.45, 7) is 4.61. The van der Waals surface area contributed by atoms with E-state index in [1.165, 1.54) is 0 Å². The van der Waals surface area contributed by atoms with E-state index in [2.05, 4.69) is 0 Å². The Labute approximate surface area is 78.1 Å². The number of carbonyl (C=O) groups is 1. The van der Waals surface area contributed by atoms with Crippen LogP contribution in [0.4, 0.5) is 0 Å². The first kappa shape index (κ1) is 9.00. The number of aliphatic hydroxyl groups is 1. The Morgan fingerprint density at radius 2 is 2.23 bits per heavy atom. The van der Waals surface area contributed by atoms with Gasteiger partial charge in [-0.25, -0.2) is 0 Å². The van der Waals surface area contributed by atoms with Gasteiger partial charge in [0.1, 0.15) is 0 Å². The Morgan fingerprint density at radius 3 is 2.62 bits per heavy atom. The highest BCUT2D eigenvalue weighted by molar-refractivity contribution is 5.74. The number of esters is 1. The average Bonchev–Trinajstić information content (AvgIpc) is 2.47. The van der Waals surface area contributed by atoms with E-state index in [-0.39, 0.29) is 29.3 Å². The molecule has 1 saturated heterocycles. The van der Waals surface area contributed by atoms with Gasteiger partial charge in [-0.1, -0.05) is 13.8 Å². The maximum Gasteiger partial charge on any atom is 0.309 e. The highest BCUT2D eigenvalue weighted by Gasteiger charge is 2.52. The van der Waals surface area contributed by atoms with E-state index in [0.717, 1.165) is 12.8 Å². The van der Waals surface area contributed by atoms with Gasteiger partial charge in [0.2, 0.25) is 0 Å². The van der Waals surface area contributed by atoms with Crippen LogP contribution in [-0.4, -0.2) is 23.8 Å². The zero-order valence-electron chi connectivity index (χ0n) is 8.12. The molecular formula is C10H16O3. The summed E-state index contributed by atoms with van der Waals surface area (Å²) in [6.07, 6.45) is 1.40. The molecule has 0 amide bonds. The molecule has 2 rings (SSSR count). The van der Waals surface area contributed by atoms with Crippen LogP contribution in [0, 0.1) is 17.3 Å². The quantitative estimate of drug-likeness (QED) is 0.617. The second-order valence-corrected chi connectivity index (χ2v) is 4.86. The van der Waals surface area contributed by atoms with Gasteiger partial charge in [0.15, 0.2) is 0 Å². The van der Waals surface area contributed by atoms with Crippen molar-refractivity contribution in [1.82, 2.24) is 0 Å². The van der Waals surface area contributed by atoms with Crippen LogP contribution in [-0.2, 0) is 9.53 Å². The highest BCUT2D eigenvalue weighted by Crippen LogP contribution is 2.50. The maximum absolute atomic E-state index is 11.2. The van der Waals surface area contributed by atoms with Crippen LogP contribution in [0.5, 0.6) is 0 Å². The molecule has 1 saturated carbocycles. The first-order valence-corrected chi connectivity index (χ1v) is 4.87. The Bertz CT molecular complexity index is 234. The molecular weight excluding hydrogens is 168 g/mol. The van der Waals surface area contributed by atoms with Crippen LogP contribution in [0.1, 0.15) is 26.7 Å². The summed E-state index contributed by atoms with van der Waals surface area (Å²) >= 11 is 0. The number of carbonyl (C=O) groups excluding carboxylic acids is 1. The van der Waals surface area contributed by atoms with Crippen molar-refractivity contribution in [3.63, 3.8) is 0 Å². The van der Waals surface area contributed by atoms with Crippen LogP contribution in [0.15, 0.2) is 0 Å². The van der Waals surface area contributed by atoms with Gasteiger partial charge in [-0.3, -0.25) is 4.79 Å². The lowest BCUT2D eigenvalue weighted by Gasteiger charge is -2.49. The van der Waals surface area contributed by atoms with Crippen molar-refractivity contribution in [3.05, 3.63) is 0 Å². The number of aliphatic hydroxyl groups excluding tert-OH is 1. The van der Waals surface area contributed by atoms with Gasteiger partial charge in [-0.05, 0) is 24.2 Å². The molecule has 0 aromatic carbocycles. The summed E-state index contributed by atoms with van der Waals surface area (Å²) in [5.74, 6) is -0.00688. The first-order valence-electron chi connectivity index (χ1n) is 4.87. The molecule has 3 heteroatoms. The largest absolute Gasteiger partial charge is 0.465 e. The number of cyclic esters (lactones) is 1. The van der Waals surface area contributed by atoms with E-state index in [0.29, 0.717) is 6.61 Å². The summed E-state index contributed by atoms with van der Waals surface area (Å²) in [5.41, 5.74) is -0.00641. The summed E-state index contributed by atoms with van der Waals surface area (Å²) in [7, 11) is 0. The predicted octanol–water partition coefficient (Wildman–Crippen LogP) is 0.956. The Hall–Kier alpha value is -0.570. The fourth-order valence-corrected chi connectivity index (χ4v) is 2.52. The van der Waals surface area contributed by atoms with Gasteiger partial charge >= 0.3 is 5.97 Å². The van der Waals surface area contributed by atoms with Gasteiger partial charge in [0.25, 0.3) is 0 Å². The molecule has 0 aromatic heterocycles. The molecule has 1 aliphatic carbocycles. The minimum Gasteiger partial charge on any atom is -0.465 e. The van der Waals surface area contributed by atoms with Gasteiger partial charge in [0.05, 0.1) is 18.6 Å². The molecule has 2 aliphatic rings. The smallest absolute Gasteiger partial charge is 0.309 e. The summed E-state index contributed by atoms with van der Waals surface area (Å²) in [6, 6.07) is 0.